The molecule has 0 saturated carbocycles. The van der Waals surface area contributed by atoms with E-state index < -0.39 is 0 Å². The van der Waals surface area contributed by atoms with Crippen LogP contribution in [0.3, 0.4) is 0 Å². The SMILES string of the molecule is CC(C)CSc1cn(C(C)C)nn1. The van der Waals surface area contributed by atoms with Gasteiger partial charge in [-0.05, 0) is 19.8 Å². The summed E-state index contributed by atoms with van der Waals surface area (Å²) in [4.78, 5) is 0. The molecule has 0 fully saturated rings. The van der Waals surface area contributed by atoms with Gasteiger partial charge in [-0.2, -0.15) is 0 Å². The second kappa shape index (κ2) is 4.65. The Morgan fingerprint density at radius 3 is 2.54 bits per heavy atom. The molecule has 3 nitrogen and oxygen atoms in total. The maximum atomic E-state index is 4.09. The highest BCUT2D eigenvalue weighted by molar-refractivity contribution is 7.99. The minimum absolute atomic E-state index is 0.404. The summed E-state index contributed by atoms with van der Waals surface area (Å²) in [6.45, 7) is 8.62. The van der Waals surface area contributed by atoms with Crippen LogP contribution in [0, 0.1) is 5.92 Å². The maximum absolute atomic E-state index is 4.09. The predicted octanol–water partition coefficient (Wildman–Crippen LogP) is 2.61. The van der Waals surface area contributed by atoms with E-state index in [0.717, 1.165) is 10.8 Å². The lowest BCUT2D eigenvalue weighted by atomic mass is 10.3. The number of nitrogens with zero attached hydrogens (tertiary/aromatic N) is 3. The van der Waals surface area contributed by atoms with Crippen LogP contribution in [0.2, 0.25) is 0 Å². The van der Waals surface area contributed by atoms with E-state index in [9.17, 15) is 0 Å². The van der Waals surface area contributed by atoms with E-state index in [2.05, 4.69) is 38.0 Å². The van der Waals surface area contributed by atoms with Crippen molar-refractivity contribution in [1.29, 1.82) is 0 Å². The summed E-state index contributed by atoms with van der Waals surface area (Å²) in [5.74, 6) is 1.81. The third kappa shape index (κ3) is 3.38. The first-order valence-corrected chi connectivity index (χ1v) is 5.62. The van der Waals surface area contributed by atoms with Gasteiger partial charge < -0.3 is 0 Å². The van der Waals surface area contributed by atoms with Crippen molar-refractivity contribution in [2.45, 2.75) is 38.8 Å². The lowest BCUT2D eigenvalue weighted by Gasteiger charge is -2.01. The van der Waals surface area contributed by atoms with Gasteiger partial charge in [-0.25, -0.2) is 4.68 Å². The molecule has 0 N–H and O–H groups in total. The van der Waals surface area contributed by atoms with Crippen molar-refractivity contribution in [2.24, 2.45) is 5.92 Å². The van der Waals surface area contributed by atoms with E-state index >= 15 is 0 Å². The highest BCUT2D eigenvalue weighted by Crippen LogP contribution is 2.18. The fraction of sp³-hybridized carbons (Fsp3) is 0.778. The van der Waals surface area contributed by atoms with Gasteiger partial charge in [-0.15, -0.1) is 16.9 Å². The Morgan fingerprint density at radius 2 is 2.08 bits per heavy atom. The number of hydrogen-bond acceptors (Lipinski definition) is 3. The van der Waals surface area contributed by atoms with Crippen LogP contribution in [0.4, 0.5) is 0 Å². The Labute approximate surface area is 83.9 Å². The van der Waals surface area contributed by atoms with Crippen LogP contribution in [0.25, 0.3) is 0 Å². The molecule has 74 valence electrons. The zero-order valence-electron chi connectivity index (χ0n) is 8.69. The smallest absolute Gasteiger partial charge is 0.138 e. The Morgan fingerprint density at radius 1 is 1.38 bits per heavy atom. The summed E-state index contributed by atoms with van der Waals surface area (Å²) in [7, 11) is 0. The molecular formula is C9H17N3S. The van der Waals surface area contributed by atoms with Crippen molar-refractivity contribution in [3.05, 3.63) is 6.20 Å². The molecule has 0 aliphatic carbocycles. The van der Waals surface area contributed by atoms with Crippen LogP contribution in [0.5, 0.6) is 0 Å². The molecule has 0 amide bonds. The van der Waals surface area contributed by atoms with Crippen molar-refractivity contribution in [1.82, 2.24) is 15.0 Å². The van der Waals surface area contributed by atoms with E-state index in [0.29, 0.717) is 12.0 Å². The van der Waals surface area contributed by atoms with Crippen LogP contribution in [-0.2, 0) is 0 Å². The molecule has 0 saturated heterocycles. The molecule has 1 rings (SSSR count). The van der Waals surface area contributed by atoms with Gasteiger partial charge in [0.25, 0.3) is 0 Å². The fourth-order valence-corrected chi connectivity index (χ4v) is 1.61. The van der Waals surface area contributed by atoms with E-state index in [1.165, 1.54) is 0 Å². The Bertz CT molecular complexity index is 255. The number of hydrogen-bond donors (Lipinski definition) is 0. The molecule has 13 heavy (non-hydrogen) atoms. The second-order valence-electron chi connectivity index (χ2n) is 3.84. The highest BCUT2D eigenvalue weighted by Gasteiger charge is 2.04. The van der Waals surface area contributed by atoms with Crippen molar-refractivity contribution in [3.8, 4) is 0 Å². The zero-order valence-corrected chi connectivity index (χ0v) is 9.51. The Hall–Kier alpha value is -0.510. The number of rotatable bonds is 4. The van der Waals surface area contributed by atoms with E-state index in [1.807, 2.05) is 10.9 Å². The number of aromatic nitrogens is 3. The van der Waals surface area contributed by atoms with Gasteiger partial charge in [-0.1, -0.05) is 19.1 Å². The van der Waals surface area contributed by atoms with Crippen molar-refractivity contribution < 1.29 is 0 Å². The molecule has 0 spiro atoms. The zero-order chi connectivity index (χ0) is 9.84. The van der Waals surface area contributed by atoms with Crippen LogP contribution in [0.15, 0.2) is 11.2 Å². The Kier molecular flexibility index (Phi) is 3.78. The minimum atomic E-state index is 0.404. The van der Waals surface area contributed by atoms with E-state index in [4.69, 9.17) is 0 Å². The molecule has 1 aromatic heterocycles. The van der Waals surface area contributed by atoms with Gasteiger partial charge >= 0.3 is 0 Å². The van der Waals surface area contributed by atoms with Gasteiger partial charge in [0.2, 0.25) is 0 Å². The van der Waals surface area contributed by atoms with Gasteiger partial charge in [0.15, 0.2) is 0 Å². The summed E-state index contributed by atoms with van der Waals surface area (Å²) >= 11 is 1.77. The topological polar surface area (TPSA) is 30.7 Å². The van der Waals surface area contributed by atoms with Gasteiger partial charge in [0.05, 0.1) is 6.20 Å². The standard InChI is InChI=1S/C9H17N3S/c1-7(2)6-13-9-5-12(8(3)4)11-10-9/h5,7-8H,6H2,1-4H3. The summed E-state index contributed by atoms with van der Waals surface area (Å²) in [5.41, 5.74) is 0. The van der Waals surface area contributed by atoms with E-state index in [-0.39, 0.29) is 0 Å². The largest absolute Gasteiger partial charge is 0.249 e. The molecule has 0 aromatic carbocycles. The second-order valence-corrected chi connectivity index (χ2v) is 4.88. The molecule has 1 heterocycles. The van der Waals surface area contributed by atoms with Crippen LogP contribution < -0.4 is 0 Å². The van der Waals surface area contributed by atoms with Crippen LogP contribution in [-0.4, -0.2) is 20.7 Å². The van der Waals surface area contributed by atoms with Gasteiger partial charge in [0, 0.05) is 11.8 Å². The minimum Gasteiger partial charge on any atom is -0.249 e. The quantitative estimate of drug-likeness (QED) is 0.698. The first-order chi connectivity index (χ1) is 6.09. The molecule has 0 unspecified atom stereocenters. The molecule has 4 heteroatoms. The fourth-order valence-electron chi connectivity index (χ4n) is 0.831. The molecule has 0 aliphatic rings. The average molecular weight is 199 g/mol. The van der Waals surface area contributed by atoms with Crippen molar-refractivity contribution in [3.63, 3.8) is 0 Å². The molecule has 0 radical (unpaired) electrons. The van der Waals surface area contributed by atoms with Crippen LogP contribution >= 0.6 is 11.8 Å². The summed E-state index contributed by atoms with van der Waals surface area (Å²) in [6, 6.07) is 0.404. The third-order valence-electron chi connectivity index (χ3n) is 1.58. The summed E-state index contributed by atoms with van der Waals surface area (Å²) in [6.07, 6.45) is 2.01. The monoisotopic (exact) mass is 199 g/mol. The maximum Gasteiger partial charge on any atom is 0.138 e. The first kappa shape index (κ1) is 10.6. The number of thioether (sulfide) groups is 1. The normalized spacial score (nSPS) is 11.5. The van der Waals surface area contributed by atoms with Crippen LogP contribution in [0.1, 0.15) is 33.7 Å². The van der Waals surface area contributed by atoms with Crippen molar-refractivity contribution in [2.75, 3.05) is 5.75 Å². The summed E-state index contributed by atoms with van der Waals surface area (Å²) in [5, 5.41) is 9.15. The summed E-state index contributed by atoms with van der Waals surface area (Å²) < 4.78 is 1.89. The molecule has 0 bridgehead atoms. The third-order valence-corrected chi connectivity index (χ3v) is 2.90. The first-order valence-electron chi connectivity index (χ1n) is 4.64. The molecular weight excluding hydrogens is 182 g/mol. The average Bonchev–Trinajstić information content (AvgIpc) is 2.48. The van der Waals surface area contributed by atoms with Gasteiger partial charge in [0.1, 0.15) is 5.03 Å². The molecule has 0 atom stereocenters. The highest BCUT2D eigenvalue weighted by atomic mass is 32.2. The van der Waals surface area contributed by atoms with Crippen molar-refractivity contribution >= 4 is 11.8 Å². The molecule has 0 aliphatic heterocycles. The van der Waals surface area contributed by atoms with E-state index in [1.54, 1.807) is 11.8 Å². The molecule has 1 aromatic rings. The van der Waals surface area contributed by atoms with Gasteiger partial charge in [-0.3, -0.25) is 0 Å². The Balaban J connectivity index is 2.49. The lowest BCUT2D eigenvalue weighted by Crippen LogP contribution is -2.00. The lowest BCUT2D eigenvalue weighted by molar-refractivity contribution is 0.514. The predicted molar refractivity (Wildman–Crippen MR) is 56.0 cm³/mol.